The third-order valence-electron chi connectivity index (χ3n) is 4.00. The van der Waals surface area contributed by atoms with Crippen molar-refractivity contribution in [3.8, 4) is 5.75 Å². The molecule has 1 aliphatic rings. The fourth-order valence-electron chi connectivity index (χ4n) is 2.82. The SMILES string of the molecule is COc1cc(C)c(C(N)CSC2CCCC2)cc1C. The fraction of sp³-hybridized carbons (Fsp3) is 0.625. The monoisotopic (exact) mass is 279 g/mol. The molecule has 1 atom stereocenters. The average molecular weight is 279 g/mol. The number of benzene rings is 1. The quantitative estimate of drug-likeness (QED) is 0.885. The molecule has 0 heterocycles. The maximum atomic E-state index is 6.37. The second-order valence-electron chi connectivity index (χ2n) is 5.52. The van der Waals surface area contributed by atoms with Gasteiger partial charge in [0.15, 0.2) is 0 Å². The highest BCUT2D eigenvalue weighted by atomic mass is 32.2. The minimum Gasteiger partial charge on any atom is -0.496 e. The van der Waals surface area contributed by atoms with Crippen LogP contribution < -0.4 is 10.5 Å². The van der Waals surface area contributed by atoms with Gasteiger partial charge in [-0.2, -0.15) is 11.8 Å². The first-order chi connectivity index (χ1) is 9.11. The van der Waals surface area contributed by atoms with Crippen LogP contribution in [0.4, 0.5) is 0 Å². The standard InChI is InChI=1S/C16H25NOS/c1-11-9-16(18-3)12(2)8-14(11)15(17)10-19-13-6-4-5-7-13/h8-9,13,15H,4-7,10,17H2,1-3H3. The Kier molecular flexibility index (Phi) is 5.17. The highest BCUT2D eigenvalue weighted by Gasteiger charge is 2.18. The molecule has 19 heavy (non-hydrogen) atoms. The first kappa shape index (κ1) is 14.7. The van der Waals surface area contributed by atoms with Crippen LogP contribution in [0.15, 0.2) is 12.1 Å². The van der Waals surface area contributed by atoms with Crippen molar-refractivity contribution in [2.24, 2.45) is 5.73 Å². The van der Waals surface area contributed by atoms with Gasteiger partial charge in [-0.05, 0) is 49.4 Å². The highest BCUT2D eigenvalue weighted by molar-refractivity contribution is 7.99. The largest absolute Gasteiger partial charge is 0.496 e. The molecule has 0 radical (unpaired) electrons. The first-order valence-electron chi connectivity index (χ1n) is 7.14. The molecule has 0 saturated heterocycles. The van der Waals surface area contributed by atoms with E-state index in [9.17, 15) is 0 Å². The maximum absolute atomic E-state index is 6.37. The smallest absolute Gasteiger partial charge is 0.122 e. The topological polar surface area (TPSA) is 35.2 Å². The lowest BCUT2D eigenvalue weighted by Gasteiger charge is -2.18. The van der Waals surface area contributed by atoms with Gasteiger partial charge in [0.25, 0.3) is 0 Å². The minimum atomic E-state index is 0.134. The first-order valence-corrected chi connectivity index (χ1v) is 8.19. The predicted molar refractivity (Wildman–Crippen MR) is 84.1 cm³/mol. The molecule has 106 valence electrons. The van der Waals surface area contributed by atoms with Crippen LogP contribution >= 0.6 is 11.8 Å². The maximum Gasteiger partial charge on any atom is 0.122 e. The van der Waals surface area contributed by atoms with E-state index in [0.29, 0.717) is 0 Å². The number of hydrogen-bond acceptors (Lipinski definition) is 3. The summed E-state index contributed by atoms with van der Waals surface area (Å²) in [5.41, 5.74) is 10.0. The van der Waals surface area contributed by atoms with Gasteiger partial charge in [0, 0.05) is 17.0 Å². The molecule has 0 spiro atoms. The molecule has 1 unspecified atom stereocenters. The molecule has 0 amide bonds. The third kappa shape index (κ3) is 3.67. The van der Waals surface area contributed by atoms with Gasteiger partial charge in [-0.3, -0.25) is 0 Å². The molecular formula is C16H25NOS. The van der Waals surface area contributed by atoms with E-state index in [0.717, 1.165) is 16.8 Å². The Morgan fingerprint density at radius 2 is 1.95 bits per heavy atom. The second-order valence-corrected chi connectivity index (χ2v) is 6.86. The lowest BCUT2D eigenvalue weighted by atomic mass is 10.00. The second kappa shape index (κ2) is 6.67. The van der Waals surface area contributed by atoms with Gasteiger partial charge in [-0.1, -0.05) is 18.9 Å². The molecule has 2 nitrogen and oxygen atoms in total. The van der Waals surface area contributed by atoms with Crippen LogP contribution in [0.25, 0.3) is 0 Å². The van der Waals surface area contributed by atoms with Gasteiger partial charge in [0.05, 0.1) is 7.11 Å². The van der Waals surface area contributed by atoms with E-state index < -0.39 is 0 Å². The summed E-state index contributed by atoms with van der Waals surface area (Å²) >= 11 is 2.06. The zero-order valence-electron chi connectivity index (χ0n) is 12.2. The molecule has 1 aromatic rings. The summed E-state index contributed by atoms with van der Waals surface area (Å²) in [4.78, 5) is 0. The summed E-state index contributed by atoms with van der Waals surface area (Å²) in [7, 11) is 1.72. The van der Waals surface area contributed by atoms with E-state index in [-0.39, 0.29) is 6.04 Å². The van der Waals surface area contributed by atoms with Gasteiger partial charge in [-0.15, -0.1) is 0 Å². The van der Waals surface area contributed by atoms with E-state index in [1.165, 1.54) is 42.4 Å². The Bertz CT molecular complexity index is 427. The zero-order valence-corrected chi connectivity index (χ0v) is 13.1. The molecule has 1 saturated carbocycles. The molecular weight excluding hydrogens is 254 g/mol. The van der Waals surface area contributed by atoms with Crippen molar-refractivity contribution in [3.63, 3.8) is 0 Å². The number of methoxy groups -OCH3 is 1. The molecule has 2 rings (SSSR count). The van der Waals surface area contributed by atoms with Crippen LogP contribution in [0.3, 0.4) is 0 Å². The van der Waals surface area contributed by atoms with Crippen molar-refractivity contribution in [2.75, 3.05) is 12.9 Å². The average Bonchev–Trinajstić information content (AvgIpc) is 2.91. The van der Waals surface area contributed by atoms with E-state index >= 15 is 0 Å². The Balaban J connectivity index is 2.01. The van der Waals surface area contributed by atoms with Crippen LogP contribution in [-0.4, -0.2) is 18.1 Å². The van der Waals surface area contributed by atoms with E-state index in [2.05, 4.69) is 37.7 Å². The third-order valence-corrected chi connectivity index (χ3v) is 5.49. The summed E-state index contributed by atoms with van der Waals surface area (Å²) in [6, 6.07) is 4.42. The van der Waals surface area contributed by atoms with Crippen LogP contribution in [-0.2, 0) is 0 Å². The van der Waals surface area contributed by atoms with Crippen molar-refractivity contribution in [1.82, 2.24) is 0 Å². The Morgan fingerprint density at radius 1 is 1.26 bits per heavy atom. The van der Waals surface area contributed by atoms with Crippen molar-refractivity contribution in [2.45, 2.75) is 50.8 Å². The van der Waals surface area contributed by atoms with Crippen LogP contribution in [0, 0.1) is 13.8 Å². The van der Waals surface area contributed by atoms with Crippen molar-refractivity contribution in [3.05, 3.63) is 28.8 Å². The lowest BCUT2D eigenvalue weighted by molar-refractivity contribution is 0.411. The summed E-state index contributed by atoms with van der Waals surface area (Å²) < 4.78 is 5.36. The van der Waals surface area contributed by atoms with Gasteiger partial charge in [0.2, 0.25) is 0 Å². The van der Waals surface area contributed by atoms with Crippen molar-refractivity contribution >= 4 is 11.8 Å². The predicted octanol–water partition coefficient (Wildman–Crippen LogP) is 3.99. The van der Waals surface area contributed by atoms with Crippen LogP contribution in [0.2, 0.25) is 0 Å². The summed E-state index contributed by atoms with van der Waals surface area (Å²) in [5.74, 6) is 1.98. The highest BCUT2D eigenvalue weighted by Crippen LogP contribution is 2.33. The molecule has 0 aromatic heterocycles. The van der Waals surface area contributed by atoms with Gasteiger partial charge in [0.1, 0.15) is 5.75 Å². The number of thioether (sulfide) groups is 1. The molecule has 0 bridgehead atoms. The number of aryl methyl sites for hydroxylation is 2. The van der Waals surface area contributed by atoms with E-state index in [1.54, 1.807) is 7.11 Å². The van der Waals surface area contributed by atoms with Crippen LogP contribution in [0.5, 0.6) is 5.75 Å². The zero-order chi connectivity index (χ0) is 13.8. The number of hydrogen-bond donors (Lipinski definition) is 1. The van der Waals surface area contributed by atoms with Gasteiger partial charge in [-0.25, -0.2) is 0 Å². The van der Waals surface area contributed by atoms with Gasteiger partial charge >= 0.3 is 0 Å². The van der Waals surface area contributed by atoms with E-state index in [1.807, 2.05) is 0 Å². The minimum absolute atomic E-state index is 0.134. The van der Waals surface area contributed by atoms with Crippen molar-refractivity contribution in [1.29, 1.82) is 0 Å². The van der Waals surface area contributed by atoms with Gasteiger partial charge < -0.3 is 10.5 Å². The van der Waals surface area contributed by atoms with Crippen molar-refractivity contribution < 1.29 is 4.74 Å². The normalized spacial score (nSPS) is 17.7. The molecule has 1 aliphatic carbocycles. The number of rotatable bonds is 5. The van der Waals surface area contributed by atoms with E-state index in [4.69, 9.17) is 10.5 Å². The Labute approximate surface area is 121 Å². The Morgan fingerprint density at radius 3 is 2.58 bits per heavy atom. The molecule has 0 aliphatic heterocycles. The summed E-state index contributed by atoms with van der Waals surface area (Å²) in [6.45, 7) is 4.20. The molecule has 1 aromatic carbocycles. The molecule has 3 heteroatoms. The fourth-order valence-corrected chi connectivity index (χ4v) is 4.14. The molecule has 1 fully saturated rings. The summed E-state index contributed by atoms with van der Waals surface area (Å²) in [5, 5.41) is 0.839. The Hall–Kier alpha value is -0.670. The van der Waals surface area contributed by atoms with Crippen LogP contribution in [0.1, 0.15) is 48.4 Å². The molecule has 2 N–H and O–H groups in total. The lowest BCUT2D eigenvalue weighted by Crippen LogP contribution is -2.16. The summed E-state index contributed by atoms with van der Waals surface area (Å²) in [6.07, 6.45) is 5.54. The number of nitrogens with two attached hydrogens (primary N) is 1. The number of ether oxygens (including phenoxy) is 1.